The number of carbonyl (C=O) groups excluding carboxylic acids is 1. The fraction of sp³-hybridized carbons (Fsp3) is 0.412. The summed E-state index contributed by atoms with van der Waals surface area (Å²) < 4.78 is 41.8. The van der Waals surface area contributed by atoms with E-state index in [1.165, 1.54) is 6.07 Å². The second-order valence-corrected chi connectivity index (χ2v) is 6.66. The maximum atomic E-state index is 14.5. The minimum absolute atomic E-state index is 0.00618. The molecule has 11 heteroatoms. The number of nitrogens with zero attached hydrogens (tertiary/aromatic N) is 3. The molecule has 0 saturated carbocycles. The molecule has 1 amide bonds. The number of alkyl halides is 2. The van der Waals surface area contributed by atoms with Crippen molar-refractivity contribution in [3.8, 4) is 0 Å². The molecule has 3 heterocycles. The van der Waals surface area contributed by atoms with Crippen molar-refractivity contribution in [2.24, 2.45) is 0 Å². The summed E-state index contributed by atoms with van der Waals surface area (Å²) in [5, 5.41) is 8.34. The van der Waals surface area contributed by atoms with Crippen LogP contribution in [0.1, 0.15) is 25.0 Å². The topological polar surface area (TPSA) is 117 Å². The summed E-state index contributed by atoms with van der Waals surface area (Å²) in [6.07, 6.45) is 0.481. The van der Waals surface area contributed by atoms with Crippen molar-refractivity contribution in [3.63, 3.8) is 0 Å². The smallest absolute Gasteiger partial charge is 0.287 e. The van der Waals surface area contributed by atoms with Gasteiger partial charge in [-0.2, -0.15) is 5.10 Å². The van der Waals surface area contributed by atoms with Crippen molar-refractivity contribution in [3.05, 3.63) is 46.3 Å². The lowest BCUT2D eigenvalue weighted by molar-refractivity contribution is -0.125. The second kappa shape index (κ2) is 7.58. The molecule has 0 bridgehead atoms. The third-order valence-electron chi connectivity index (χ3n) is 4.77. The van der Waals surface area contributed by atoms with Crippen LogP contribution in [-0.4, -0.2) is 51.0 Å². The van der Waals surface area contributed by atoms with E-state index in [-0.39, 0.29) is 30.3 Å². The van der Waals surface area contributed by atoms with Crippen LogP contribution >= 0.6 is 0 Å². The Hall–Kier alpha value is -2.95. The lowest BCUT2D eigenvalue weighted by atomic mass is 9.89. The quantitative estimate of drug-likeness (QED) is 0.718. The SMILES string of the molecule is CC(C(=O)Nc1ccc(F)cn1)N1CCC(F)(F)[C@@H](c2cc(N)c(=O)[nH]n2)C1. The van der Waals surface area contributed by atoms with Gasteiger partial charge in [0.2, 0.25) is 5.91 Å². The Morgan fingerprint density at radius 1 is 1.46 bits per heavy atom. The van der Waals surface area contributed by atoms with Gasteiger partial charge in [0.25, 0.3) is 11.5 Å². The van der Waals surface area contributed by atoms with E-state index >= 15 is 0 Å². The molecule has 0 aromatic carbocycles. The number of amides is 1. The molecule has 0 radical (unpaired) electrons. The number of hydrogen-bond donors (Lipinski definition) is 3. The zero-order chi connectivity index (χ0) is 20.5. The van der Waals surface area contributed by atoms with Crippen molar-refractivity contribution in [2.75, 3.05) is 24.1 Å². The summed E-state index contributed by atoms with van der Waals surface area (Å²) >= 11 is 0. The van der Waals surface area contributed by atoms with Crippen LogP contribution in [0.25, 0.3) is 0 Å². The van der Waals surface area contributed by atoms with Crippen molar-refractivity contribution in [2.45, 2.75) is 31.2 Å². The van der Waals surface area contributed by atoms with Gasteiger partial charge in [-0.25, -0.2) is 23.3 Å². The number of aromatic amines is 1. The molecule has 4 N–H and O–H groups in total. The zero-order valence-electron chi connectivity index (χ0n) is 15.0. The number of halogens is 3. The Bertz CT molecular complexity index is 918. The fourth-order valence-corrected chi connectivity index (χ4v) is 3.05. The van der Waals surface area contributed by atoms with Gasteiger partial charge in [0, 0.05) is 19.5 Å². The molecule has 2 atom stereocenters. The van der Waals surface area contributed by atoms with E-state index in [0.717, 1.165) is 18.3 Å². The Balaban J connectivity index is 1.75. The first kappa shape index (κ1) is 19.8. The summed E-state index contributed by atoms with van der Waals surface area (Å²) in [5.74, 6) is -5.24. The monoisotopic (exact) mass is 396 g/mol. The van der Waals surface area contributed by atoms with Gasteiger partial charge in [-0.1, -0.05) is 0 Å². The van der Waals surface area contributed by atoms with Gasteiger partial charge in [0.05, 0.1) is 23.9 Å². The highest BCUT2D eigenvalue weighted by Crippen LogP contribution is 2.40. The number of likely N-dealkylation sites (tertiary alicyclic amines) is 1. The highest BCUT2D eigenvalue weighted by Gasteiger charge is 2.47. The molecule has 28 heavy (non-hydrogen) atoms. The number of rotatable bonds is 4. The van der Waals surface area contributed by atoms with Crippen LogP contribution in [0.3, 0.4) is 0 Å². The average Bonchev–Trinajstić information content (AvgIpc) is 2.65. The Morgan fingerprint density at radius 3 is 2.86 bits per heavy atom. The Morgan fingerprint density at radius 2 is 2.21 bits per heavy atom. The summed E-state index contributed by atoms with van der Waals surface area (Å²) in [4.78, 5) is 29.1. The number of H-pyrrole nitrogens is 1. The zero-order valence-corrected chi connectivity index (χ0v) is 15.0. The Labute approximate surface area is 157 Å². The second-order valence-electron chi connectivity index (χ2n) is 6.66. The summed E-state index contributed by atoms with van der Waals surface area (Å²) in [6, 6.07) is 2.84. The van der Waals surface area contributed by atoms with Gasteiger partial charge < -0.3 is 11.1 Å². The largest absolute Gasteiger partial charge is 0.394 e. The van der Waals surface area contributed by atoms with Crippen LogP contribution in [0.2, 0.25) is 0 Å². The van der Waals surface area contributed by atoms with Crippen molar-refractivity contribution in [1.82, 2.24) is 20.1 Å². The van der Waals surface area contributed by atoms with Gasteiger partial charge in [0.15, 0.2) is 0 Å². The van der Waals surface area contributed by atoms with E-state index in [9.17, 15) is 22.8 Å². The van der Waals surface area contributed by atoms with Crippen LogP contribution in [-0.2, 0) is 4.79 Å². The molecule has 1 aliphatic rings. The number of nitrogens with one attached hydrogen (secondary N) is 2. The van der Waals surface area contributed by atoms with Crippen molar-refractivity contribution >= 4 is 17.4 Å². The highest BCUT2D eigenvalue weighted by atomic mass is 19.3. The standard InChI is InChI=1S/C17H19F3N6O2/c1-9(15(27)23-14-3-2-10(18)7-22-14)26-5-4-17(19,20)11(8-26)13-6-12(21)16(28)25-24-13/h2-3,6-7,9,11H,4-5,8H2,1H3,(H2,21,24)(H,25,28)(H,22,23,27)/t9?,11-/m1/s1. The van der Waals surface area contributed by atoms with Gasteiger partial charge in [0.1, 0.15) is 17.3 Å². The first-order chi connectivity index (χ1) is 13.2. The molecule has 1 saturated heterocycles. The first-order valence-corrected chi connectivity index (χ1v) is 8.57. The maximum Gasteiger partial charge on any atom is 0.287 e. The minimum atomic E-state index is -3.07. The van der Waals surface area contributed by atoms with Crippen molar-refractivity contribution < 1.29 is 18.0 Å². The number of nitrogens with two attached hydrogens (primary N) is 1. The fourth-order valence-electron chi connectivity index (χ4n) is 3.05. The molecular weight excluding hydrogens is 377 g/mol. The molecule has 0 spiro atoms. The molecule has 8 nitrogen and oxygen atoms in total. The van der Waals surface area contributed by atoms with Crippen LogP contribution in [0.15, 0.2) is 29.2 Å². The van der Waals surface area contributed by atoms with E-state index < -0.39 is 41.6 Å². The number of anilines is 2. The van der Waals surface area contributed by atoms with Gasteiger partial charge in [-0.05, 0) is 25.1 Å². The molecule has 1 aliphatic heterocycles. The van der Waals surface area contributed by atoms with E-state index in [2.05, 4.69) is 20.5 Å². The molecule has 2 aromatic rings. The molecule has 1 unspecified atom stereocenters. The van der Waals surface area contributed by atoms with E-state index in [4.69, 9.17) is 5.73 Å². The van der Waals surface area contributed by atoms with E-state index in [0.29, 0.717) is 0 Å². The van der Waals surface area contributed by atoms with Crippen LogP contribution in [0.5, 0.6) is 0 Å². The van der Waals surface area contributed by atoms with E-state index in [1.807, 2.05) is 0 Å². The minimum Gasteiger partial charge on any atom is -0.394 e. The molecule has 150 valence electrons. The lowest BCUT2D eigenvalue weighted by Gasteiger charge is -2.40. The average molecular weight is 396 g/mol. The van der Waals surface area contributed by atoms with Crippen molar-refractivity contribution in [1.29, 1.82) is 0 Å². The number of carbonyl (C=O) groups is 1. The lowest BCUT2D eigenvalue weighted by Crippen LogP contribution is -2.52. The van der Waals surface area contributed by atoms with Gasteiger partial charge in [-0.3, -0.25) is 14.5 Å². The third kappa shape index (κ3) is 4.14. The predicted octanol–water partition coefficient (Wildman–Crippen LogP) is 1.34. The third-order valence-corrected chi connectivity index (χ3v) is 4.77. The van der Waals surface area contributed by atoms with Gasteiger partial charge in [-0.15, -0.1) is 0 Å². The van der Waals surface area contributed by atoms with Crippen LogP contribution in [0.4, 0.5) is 24.7 Å². The molecule has 1 fully saturated rings. The number of piperidine rings is 1. The van der Waals surface area contributed by atoms with Gasteiger partial charge >= 0.3 is 0 Å². The molecule has 0 aliphatic carbocycles. The molecule has 3 rings (SSSR count). The maximum absolute atomic E-state index is 14.5. The number of pyridine rings is 1. The molecular formula is C17H19F3N6O2. The van der Waals surface area contributed by atoms with Crippen LogP contribution < -0.4 is 16.6 Å². The Kier molecular flexibility index (Phi) is 5.36. The number of aromatic nitrogens is 3. The number of nitrogen functional groups attached to an aromatic ring is 1. The normalized spacial score (nSPS) is 20.5. The number of hydrogen-bond acceptors (Lipinski definition) is 6. The highest BCUT2D eigenvalue weighted by molar-refractivity contribution is 5.93. The summed E-state index contributed by atoms with van der Waals surface area (Å²) in [6.45, 7) is 1.42. The van der Waals surface area contributed by atoms with E-state index in [1.54, 1.807) is 11.8 Å². The predicted molar refractivity (Wildman–Crippen MR) is 95.4 cm³/mol. The summed E-state index contributed by atoms with van der Waals surface area (Å²) in [7, 11) is 0. The molecule has 2 aromatic heterocycles. The van der Waals surface area contributed by atoms with Crippen LogP contribution in [0, 0.1) is 5.82 Å². The first-order valence-electron chi connectivity index (χ1n) is 8.57. The summed E-state index contributed by atoms with van der Waals surface area (Å²) in [5.41, 5.74) is 4.62.